The molecular formula is C14H21N5O2. The number of anilines is 2. The smallest absolute Gasteiger partial charge is 0.249 e. The Morgan fingerprint density at radius 2 is 2.14 bits per heavy atom. The molecule has 2 amide bonds. The van der Waals surface area contributed by atoms with E-state index in [0.717, 1.165) is 12.8 Å². The van der Waals surface area contributed by atoms with Gasteiger partial charge in [-0.05, 0) is 12.8 Å². The number of hydrogen-bond acceptors (Lipinski definition) is 6. The van der Waals surface area contributed by atoms with E-state index >= 15 is 0 Å². The van der Waals surface area contributed by atoms with E-state index in [0.29, 0.717) is 23.9 Å². The Hall–Kier alpha value is -2.18. The molecule has 1 unspecified atom stereocenters. The molecule has 0 saturated carbocycles. The molecule has 7 nitrogen and oxygen atoms in total. The number of hydrogen-bond donors (Lipinski definition) is 2. The number of rotatable bonds is 5. The van der Waals surface area contributed by atoms with E-state index in [2.05, 4.69) is 27.5 Å². The minimum Gasteiger partial charge on any atom is -0.373 e. The predicted molar refractivity (Wildman–Crippen MR) is 80.1 cm³/mol. The molecule has 0 spiro atoms. The average Bonchev–Trinajstić information content (AvgIpc) is 2.46. The summed E-state index contributed by atoms with van der Waals surface area (Å²) in [5.74, 6) is 1.46. The van der Waals surface area contributed by atoms with Crippen molar-refractivity contribution in [3.05, 3.63) is 11.9 Å². The fraction of sp³-hybridized carbons (Fsp3) is 0.571. The summed E-state index contributed by atoms with van der Waals surface area (Å²) in [5, 5.41) is 5.37. The van der Waals surface area contributed by atoms with Gasteiger partial charge in [0.05, 0.1) is 6.54 Å². The minimum absolute atomic E-state index is 0.135. The molecule has 0 aliphatic carbocycles. The Balaban J connectivity index is 2.39. The normalized spacial score (nSPS) is 18.6. The van der Waals surface area contributed by atoms with Crippen molar-refractivity contribution < 1.29 is 9.59 Å². The summed E-state index contributed by atoms with van der Waals surface area (Å²) in [6, 6.07) is 1.39. The third-order valence-electron chi connectivity index (χ3n) is 3.43. The maximum atomic E-state index is 12.0. The number of nitrogens with one attached hydrogen (secondary N) is 2. The number of carbonyl (C=O) groups is 2. The highest BCUT2D eigenvalue weighted by Crippen LogP contribution is 2.21. The average molecular weight is 291 g/mol. The van der Waals surface area contributed by atoms with Crippen molar-refractivity contribution in [1.82, 2.24) is 15.3 Å². The largest absolute Gasteiger partial charge is 0.373 e. The van der Waals surface area contributed by atoms with Crippen LogP contribution in [0.1, 0.15) is 32.5 Å². The molecule has 1 fully saturated rings. The molecule has 0 aromatic carbocycles. The predicted octanol–water partition coefficient (Wildman–Crippen LogP) is 0.712. The first-order chi connectivity index (χ1) is 10.1. The maximum Gasteiger partial charge on any atom is 0.249 e. The zero-order valence-electron chi connectivity index (χ0n) is 12.6. The van der Waals surface area contributed by atoms with Crippen LogP contribution < -0.4 is 15.5 Å². The summed E-state index contributed by atoms with van der Waals surface area (Å²) in [7, 11) is 1.78. The summed E-state index contributed by atoms with van der Waals surface area (Å²) in [4.78, 5) is 34.3. The van der Waals surface area contributed by atoms with Crippen LogP contribution in [0.15, 0.2) is 6.07 Å². The van der Waals surface area contributed by atoms with Crippen LogP contribution in [-0.2, 0) is 16.0 Å². The van der Waals surface area contributed by atoms with Crippen molar-refractivity contribution in [2.24, 2.45) is 0 Å². The second-order valence-corrected chi connectivity index (χ2v) is 4.99. The second kappa shape index (κ2) is 6.51. The van der Waals surface area contributed by atoms with E-state index in [4.69, 9.17) is 0 Å². The number of carbonyl (C=O) groups excluding carboxylic acids is 2. The van der Waals surface area contributed by atoms with Gasteiger partial charge in [0, 0.05) is 19.5 Å². The highest BCUT2D eigenvalue weighted by atomic mass is 16.2. The highest BCUT2D eigenvalue weighted by molar-refractivity contribution is 6.04. The van der Waals surface area contributed by atoms with Gasteiger partial charge in [0.1, 0.15) is 23.5 Å². The second-order valence-electron chi connectivity index (χ2n) is 4.99. The molecule has 21 heavy (non-hydrogen) atoms. The fourth-order valence-corrected chi connectivity index (χ4v) is 2.41. The van der Waals surface area contributed by atoms with Crippen LogP contribution in [0, 0.1) is 0 Å². The van der Waals surface area contributed by atoms with Crippen LogP contribution >= 0.6 is 0 Å². The number of imide groups is 1. The standard InChI is InChI=1S/C14H21N5O2/c1-4-6-10-16-11(15-3)7-12(17-10)19-8-13(20)18-14(21)9(19)5-2/h7,9H,4-6,8H2,1-3H3,(H,15,16,17)(H,18,20,21). The lowest BCUT2D eigenvalue weighted by Gasteiger charge is -2.34. The van der Waals surface area contributed by atoms with Crippen LogP contribution in [-0.4, -0.2) is 41.4 Å². The Morgan fingerprint density at radius 1 is 1.38 bits per heavy atom. The SMILES string of the molecule is CCCc1nc(NC)cc(N2CC(=O)NC(=O)C2CC)n1. The molecule has 7 heteroatoms. The quantitative estimate of drug-likeness (QED) is 0.777. The minimum atomic E-state index is -0.378. The molecule has 1 saturated heterocycles. The summed E-state index contributed by atoms with van der Waals surface area (Å²) in [6.45, 7) is 4.11. The molecule has 1 aromatic heterocycles. The molecule has 2 heterocycles. The molecule has 0 radical (unpaired) electrons. The molecule has 0 bridgehead atoms. The number of nitrogens with zero attached hydrogens (tertiary/aromatic N) is 3. The number of piperazine rings is 1. The Bertz CT molecular complexity index is 546. The summed E-state index contributed by atoms with van der Waals surface area (Å²) in [6.07, 6.45) is 2.30. The van der Waals surface area contributed by atoms with Crippen molar-refractivity contribution in [1.29, 1.82) is 0 Å². The van der Waals surface area contributed by atoms with Gasteiger partial charge in [-0.15, -0.1) is 0 Å². The van der Waals surface area contributed by atoms with Crippen LogP contribution in [0.25, 0.3) is 0 Å². The monoisotopic (exact) mass is 291 g/mol. The number of aromatic nitrogens is 2. The zero-order chi connectivity index (χ0) is 15.4. The van der Waals surface area contributed by atoms with E-state index in [9.17, 15) is 9.59 Å². The van der Waals surface area contributed by atoms with E-state index in [1.807, 2.05) is 6.92 Å². The van der Waals surface area contributed by atoms with Crippen molar-refractivity contribution in [3.8, 4) is 0 Å². The highest BCUT2D eigenvalue weighted by Gasteiger charge is 2.33. The van der Waals surface area contributed by atoms with Crippen molar-refractivity contribution in [2.75, 3.05) is 23.8 Å². The summed E-state index contributed by atoms with van der Waals surface area (Å²) < 4.78 is 0. The van der Waals surface area contributed by atoms with Gasteiger partial charge in [-0.3, -0.25) is 14.9 Å². The lowest BCUT2D eigenvalue weighted by atomic mass is 10.1. The van der Waals surface area contributed by atoms with Gasteiger partial charge in [-0.2, -0.15) is 0 Å². The molecule has 1 aliphatic heterocycles. The van der Waals surface area contributed by atoms with Gasteiger partial charge < -0.3 is 10.2 Å². The lowest BCUT2D eigenvalue weighted by Crippen LogP contribution is -2.58. The Labute approximate surface area is 124 Å². The number of amides is 2. The fourth-order valence-electron chi connectivity index (χ4n) is 2.41. The first-order valence-corrected chi connectivity index (χ1v) is 7.25. The molecule has 1 aliphatic rings. The van der Waals surface area contributed by atoms with E-state index < -0.39 is 0 Å². The van der Waals surface area contributed by atoms with Gasteiger partial charge in [0.25, 0.3) is 0 Å². The molecule has 1 atom stereocenters. The Kier molecular flexibility index (Phi) is 4.72. The first kappa shape index (κ1) is 15.2. The van der Waals surface area contributed by atoms with E-state index in [-0.39, 0.29) is 24.4 Å². The van der Waals surface area contributed by atoms with Gasteiger partial charge in [0.15, 0.2) is 0 Å². The van der Waals surface area contributed by atoms with Gasteiger partial charge in [0.2, 0.25) is 11.8 Å². The number of aryl methyl sites for hydroxylation is 1. The van der Waals surface area contributed by atoms with Crippen LogP contribution in [0.2, 0.25) is 0 Å². The molecular weight excluding hydrogens is 270 g/mol. The van der Waals surface area contributed by atoms with E-state index in [1.165, 1.54) is 0 Å². The summed E-state index contributed by atoms with van der Waals surface area (Å²) in [5.41, 5.74) is 0. The first-order valence-electron chi connectivity index (χ1n) is 7.25. The molecule has 1 aromatic rings. The molecule has 2 N–H and O–H groups in total. The summed E-state index contributed by atoms with van der Waals surface area (Å²) >= 11 is 0. The van der Waals surface area contributed by atoms with Crippen molar-refractivity contribution in [2.45, 2.75) is 39.2 Å². The zero-order valence-corrected chi connectivity index (χ0v) is 12.6. The van der Waals surface area contributed by atoms with Crippen LogP contribution in [0.4, 0.5) is 11.6 Å². The third kappa shape index (κ3) is 3.29. The van der Waals surface area contributed by atoms with Crippen LogP contribution in [0.3, 0.4) is 0 Å². The third-order valence-corrected chi connectivity index (χ3v) is 3.43. The maximum absolute atomic E-state index is 12.0. The topological polar surface area (TPSA) is 87.2 Å². The molecule has 2 rings (SSSR count). The molecule has 114 valence electrons. The lowest BCUT2D eigenvalue weighted by molar-refractivity contribution is -0.132. The van der Waals surface area contributed by atoms with Crippen molar-refractivity contribution >= 4 is 23.5 Å². The van der Waals surface area contributed by atoms with Gasteiger partial charge >= 0.3 is 0 Å². The van der Waals surface area contributed by atoms with Crippen molar-refractivity contribution in [3.63, 3.8) is 0 Å². The Morgan fingerprint density at radius 3 is 2.76 bits per heavy atom. The van der Waals surface area contributed by atoms with E-state index in [1.54, 1.807) is 18.0 Å². The van der Waals surface area contributed by atoms with Gasteiger partial charge in [-0.25, -0.2) is 9.97 Å². The van der Waals surface area contributed by atoms with Crippen LogP contribution in [0.5, 0.6) is 0 Å². The van der Waals surface area contributed by atoms with Gasteiger partial charge in [-0.1, -0.05) is 13.8 Å².